The van der Waals surface area contributed by atoms with Crippen molar-refractivity contribution in [2.45, 2.75) is 206 Å². The Bertz CT molecular complexity index is 1730. The number of allylic oxidation sites excluding steroid dienone is 24. The van der Waals surface area contributed by atoms with Crippen LogP contribution in [0.3, 0.4) is 0 Å². The number of carboxylic acids is 1. The number of carboxylic acid groups (broad SMARTS) is 1. The Morgan fingerprint density at radius 3 is 1.13 bits per heavy atom. The fraction of sp³-hybridized carbons (Fsp3) is 0.591. The van der Waals surface area contributed by atoms with Crippen LogP contribution in [0.25, 0.3) is 0 Å². The van der Waals surface area contributed by atoms with Gasteiger partial charge in [0.05, 0.1) is 40.3 Å². The second-order valence-corrected chi connectivity index (χ2v) is 19.8. The van der Waals surface area contributed by atoms with Gasteiger partial charge in [-0.25, -0.2) is 0 Å². The molecule has 2 unspecified atom stereocenters. The number of quaternary nitrogens is 1. The summed E-state index contributed by atoms with van der Waals surface area (Å²) < 4.78 is 22.6. The van der Waals surface area contributed by atoms with E-state index in [1.54, 1.807) is 0 Å². The highest BCUT2D eigenvalue weighted by Crippen LogP contribution is 2.12. The van der Waals surface area contributed by atoms with Crippen LogP contribution in [-0.2, 0) is 33.3 Å². The Kier molecular flexibility index (Phi) is 51.8. The molecule has 0 saturated heterocycles. The lowest BCUT2D eigenvalue weighted by atomic mass is 10.1. The SMILES string of the molecule is CC/C=C\C/C=C\C/C=C\C/C=C\C/C=C\C/C=C\C/C=C\C/C=C\C/C=C\C/C=C\CCCCCCC(=O)OC(COC(=O)CCCCCCC/C=C\C/C=C\CCCCC)COC(OCC[N+](C)(C)C)C(=O)[O-]. The number of likely N-dealkylation sites (N-methyl/N-ethyl adjacent to an activating group) is 1. The highest BCUT2D eigenvalue weighted by molar-refractivity contribution is 5.70. The van der Waals surface area contributed by atoms with Gasteiger partial charge < -0.3 is 33.3 Å². The quantitative estimate of drug-likeness (QED) is 0.0195. The molecule has 2 atom stereocenters. The Labute approximate surface area is 458 Å². The number of aliphatic carboxylic acids is 1. The summed E-state index contributed by atoms with van der Waals surface area (Å²) in [5.41, 5.74) is 0. The molecule has 0 aliphatic heterocycles. The van der Waals surface area contributed by atoms with Gasteiger partial charge in [0.2, 0.25) is 0 Å². The van der Waals surface area contributed by atoms with E-state index in [-0.39, 0.29) is 38.6 Å². The first-order chi connectivity index (χ1) is 36.6. The molecular formula is C66H105NO8. The monoisotopic (exact) mass is 1040 g/mol. The molecule has 0 spiro atoms. The minimum absolute atomic E-state index is 0.132. The van der Waals surface area contributed by atoms with Crippen LogP contribution in [-0.4, -0.2) is 82.3 Å². The molecule has 0 aromatic heterocycles. The number of hydrogen-bond acceptors (Lipinski definition) is 8. The Morgan fingerprint density at radius 2 is 0.760 bits per heavy atom. The molecule has 9 heteroatoms. The van der Waals surface area contributed by atoms with Gasteiger partial charge in [-0.2, -0.15) is 0 Å². The van der Waals surface area contributed by atoms with Crippen LogP contribution in [0.5, 0.6) is 0 Å². The van der Waals surface area contributed by atoms with Gasteiger partial charge in [-0.3, -0.25) is 9.59 Å². The van der Waals surface area contributed by atoms with Crippen LogP contribution in [0.15, 0.2) is 146 Å². The number of nitrogens with zero attached hydrogens (tertiary/aromatic N) is 1. The van der Waals surface area contributed by atoms with Crippen molar-refractivity contribution >= 4 is 17.9 Å². The maximum atomic E-state index is 12.8. The van der Waals surface area contributed by atoms with Gasteiger partial charge in [0, 0.05) is 12.8 Å². The molecule has 9 nitrogen and oxygen atoms in total. The standard InChI is InChI=1S/C66H105NO8/c1-6-8-10-12-14-16-18-20-22-23-24-25-26-27-28-29-30-31-32-33-34-35-36-37-38-39-40-41-43-45-47-49-51-53-55-57-64(69)75-62(61-74-66(65(70)71)72-59-58-67(3,4)5)60-73-63(68)56-54-52-50-48-46-44-42-21-19-17-15-13-11-9-7-2/h8,10,14-17,20-22,24-25,27-28,30-31,33-34,36-37,39-40,42-43,45,62,66H,6-7,9,11-13,18-19,23,26,29,32,35,38,41,44,46-61H2,1-5H3/b10-8-,16-14-,17-15-,22-20-,25-24-,28-27-,31-30-,34-33-,37-36-,40-39-,42-21-,45-43-. The number of carbonyl (C=O) groups is 3. The summed E-state index contributed by atoms with van der Waals surface area (Å²) in [5, 5.41) is 11.8. The van der Waals surface area contributed by atoms with E-state index in [1.165, 1.54) is 25.7 Å². The minimum Gasteiger partial charge on any atom is -0.545 e. The third-order valence-electron chi connectivity index (χ3n) is 11.6. The van der Waals surface area contributed by atoms with Crippen molar-refractivity contribution in [1.29, 1.82) is 0 Å². The first kappa shape index (κ1) is 70.2. The third kappa shape index (κ3) is 56.7. The molecule has 0 radical (unpaired) electrons. The van der Waals surface area contributed by atoms with Crippen molar-refractivity contribution in [1.82, 2.24) is 0 Å². The van der Waals surface area contributed by atoms with Crippen molar-refractivity contribution in [3.63, 3.8) is 0 Å². The van der Waals surface area contributed by atoms with Crippen LogP contribution in [0.1, 0.15) is 194 Å². The lowest BCUT2D eigenvalue weighted by Gasteiger charge is -2.26. The van der Waals surface area contributed by atoms with Gasteiger partial charge in [0.25, 0.3) is 0 Å². The fourth-order valence-electron chi connectivity index (χ4n) is 7.12. The highest BCUT2D eigenvalue weighted by atomic mass is 16.7. The van der Waals surface area contributed by atoms with E-state index in [0.717, 1.165) is 128 Å². The number of rotatable bonds is 51. The number of esters is 2. The maximum Gasteiger partial charge on any atom is 0.306 e. The number of hydrogen-bond donors (Lipinski definition) is 0. The van der Waals surface area contributed by atoms with Crippen molar-refractivity contribution < 1.29 is 42.9 Å². The molecule has 0 aromatic rings. The van der Waals surface area contributed by atoms with Crippen molar-refractivity contribution in [3.8, 4) is 0 Å². The van der Waals surface area contributed by atoms with E-state index in [1.807, 2.05) is 21.1 Å². The largest absolute Gasteiger partial charge is 0.545 e. The van der Waals surface area contributed by atoms with Gasteiger partial charge in [-0.05, 0) is 122 Å². The maximum absolute atomic E-state index is 12.8. The molecule has 0 N–H and O–H groups in total. The zero-order chi connectivity index (χ0) is 54.8. The molecule has 0 amide bonds. The van der Waals surface area contributed by atoms with Crippen molar-refractivity contribution in [3.05, 3.63) is 146 Å². The van der Waals surface area contributed by atoms with Crippen molar-refractivity contribution in [2.24, 2.45) is 0 Å². The third-order valence-corrected chi connectivity index (χ3v) is 11.6. The number of ether oxygens (including phenoxy) is 4. The first-order valence-electron chi connectivity index (χ1n) is 29.0. The normalized spacial score (nSPS) is 13.9. The van der Waals surface area contributed by atoms with E-state index in [9.17, 15) is 19.5 Å². The molecule has 422 valence electrons. The van der Waals surface area contributed by atoms with Gasteiger partial charge in [-0.1, -0.05) is 205 Å². The molecule has 0 aliphatic carbocycles. The zero-order valence-electron chi connectivity index (χ0n) is 47.9. The second-order valence-electron chi connectivity index (χ2n) is 19.8. The Hall–Kier alpha value is -4.83. The highest BCUT2D eigenvalue weighted by Gasteiger charge is 2.22. The average molecular weight is 1040 g/mol. The van der Waals surface area contributed by atoms with E-state index in [2.05, 4.69) is 160 Å². The van der Waals surface area contributed by atoms with Gasteiger partial charge in [-0.15, -0.1) is 0 Å². The Morgan fingerprint density at radius 1 is 0.413 bits per heavy atom. The van der Waals surface area contributed by atoms with E-state index < -0.39 is 24.3 Å². The molecule has 0 rings (SSSR count). The van der Waals surface area contributed by atoms with Crippen LogP contribution >= 0.6 is 0 Å². The lowest BCUT2D eigenvalue weighted by molar-refractivity contribution is -0.870. The summed E-state index contributed by atoms with van der Waals surface area (Å²) in [6, 6.07) is 0. The molecule has 0 aliphatic rings. The van der Waals surface area contributed by atoms with Crippen LogP contribution < -0.4 is 5.11 Å². The number of unbranched alkanes of at least 4 members (excludes halogenated alkanes) is 12. The Balaban J connectivity index is 4.33. The topological polar surface area (TPSA) is 111 Å². The van der Waals surface area contributed by atoms with Crippen molar-refractivity contribution in [2.75, 3.05) is 47.5 Å². The smallest absolute Gasteiger partial charge is 0.306 e. The molecule has 75 heavy (non-hydrogen) atoms. The van der Waals surface area contributed by atoms with Gasteiger partial charge >= 0.3 is 11.9 Å². The van der Waals surface area contributed by atoms with E-state index in [0.29, 0.717) is 23.9 Å². The van der Waals surface area contributed by atoms with E-state index in [4.69, 9.17) is 18.9 Å². The van der Waals surface area contributed by atoms with E-state index >= 15 is 0 Å². The molecule has 0 fully saturated rings. The van der Waals surface area contributed by atoms with Crippen LogP contribution in [0, 0.1) is 0 Å². The van der Waals surface area contributed by atoms with Gasteiger partial charge in [0.1, 0.15) is 13.2 Å². The molecule has 0 bridgehead atoms. The molecule has 0 saturated carbocycles. The van der Waals surface area contributed by atoms with Gasteiger partial charge in [0.15, 0.2) is 12.4 Å². The fourth-order valence-corrected chi connectivity index (χ4v) is 7.12. The summed E-state index contributed by atoms with van der Waals surface area (Å²) in [6.07, 6.45) is 77.5. The summed E-state index contributed by atoms with van der Waals surface area (Å²) >= 11 is 0. The minimum atomic E-state index is -1.64. The molecular weight excluding hydrogens is 935 g/mol. The summed E-state index contributed by atoms with van der Waals surface area (Å²) in [4.78, 5) is 37.2. The summed E-state index contributed by atoms with van der Waals surface area (Å²) in [6.45, 7) is 4.53. The molecule has 0 aromatic carbocycles. The predicted octanol–water partition coefficient (Wildman–Crippen LogP) is 15.9. The molecule has 0 heterocycles. The first-order valence-corrected chi connectivity index (χ1v) is 29.0. The lowest BCUT2D eigenvalue weighted by Crippen LogP contribution is -2.44. The number of carbonyl (C=O) groups excluding carboxylic acids is 3. The summed E-state index contributed by atoms with van der Waals surface area (Å²) in [7, 11) is 5.89. The summed E-state index contributed by atoms with van der Waals surface area (Å²) in [5.74, 6) is -2.36. The zero-order valence-corrected chi connectivity index (χ0v) is 47.9. The van der Waals surface area contributed by atoms with Crippen LogP contribution in [0.4, 0.5) is 0 Å². The second kappa shape index (κ2) is 55.4. The van der Waals surface area contributed by atoms with Crippen LogP contribution in [0.2, 0.25) is 0 Å². The average Bonchev–Trinajstić information content (AvgIpc) is 3.38. The predicted molar refractivity (Wildman–Crippen MR) is 315 cm³/mol.